The predicted octanol–water partition coefficient (Wildman–Crippen LogP) is 4.57. The summed E-state index contributed by atoms with van der Waals surface area (Å²) in [5.41, 5.74) is -0.276. The summed E-state index contributed by atoms with van der Waals surface area (Å²) < 4.78 is 0. The second-order valence-corrected chi connectivity index (χ2v) is 8.69. The highest BCUT2D eigenvalue weighted by Gasteiger charge is 2.51. The third kappa shape index (κ3) is 4.92. The minimum atomic E-state index is -0.254. The van der Waals surface area contributed by atoms with E-state index in [0.717, 1.165) is 19.3 Å². The number of hydrogen-bond donors (Lipinski definition) is 0. The third-order valence-electron chi connectivity index (χ3n) is 4.27. The van der Waals surface area contributed by atoms with Gasteiger partial charge in [-0.1, -0.05) is 6.42 Å². The van der Waals surface area contributed by atoms with Gasteiger partial charge in [-0.15, -0.1) is 0 Å². The van der Waals surface area contributed by atoms with Crippen molar-refractivity contribution in [2.75, 3.05) is 0 Å². The Bertz CT molecular complexity index is 342. The Kier molecular flexibility index (Phi) is 5.04. The zero-order chi connectivity index (χ0) is 15.7. The zero-order valence-electron chi connectivity index (χ0n) is 14.5. The molecule has 21 heavy (non-hydrogen) atoms. The van der Waals surface area contributed by atoms with Crippen molar-refractivity contribution in [3.8, 4) is 0 Å². The lowest BCUT2D eigenvalue weighted by Crippen LogP contribution is -2.51. The van der Waals surface area contributed by atoms with Gasteiger partial charge in [0, 0.05) is 5.41 Å². The minimum absolute atomic E-state index is 0.180. The molecule has 0 aromatic carbocycles. The smallest absolute Gasteiger partial charge is 0.0987 e. The van der Waals surface area contributed by atoms with Gasteiger partial charge >= 0.3 is 0 Å². The SMILES string of the molecule is CC(C)(C)OOC1CCCC2(CCC2OOC(C)(C)C)C1. The molecule has 0 saturated heterocycles. The molecule has 3 atom stereocenters. The molecule has 2 aliphatic carbocycles. The first kappa shape index (κ1) is 17.2. The van der Waals surface area contributed by atoms with Crippen LogP contribution in [-0.4, -0.2) is 23.4 Å². The van der Waals surface area contributed by atoms with Crippen molar-refractivity contribution in [1.82, 2.24) is 0 Å². The molecule has 2 rings (SSSR count). The quantitative estimate of drug-likeness (QED) is 0.563. The van der Waals surface area contributed by atoms with E-state index in [1.54, 1.807) is 0 Å². The Labute approximate surface area is 129 Å². The molecule has 2 saturated carbocycles. The summed E-state index contributed by atoms with van der Waals surface area (Å²) in [6.07, 6.45) is 7.15. The van der Waals surface area contributed by atoms with Crippen molar-refractivity contribution in [2.45, 2.75) is 103 Å². The van der Waals surface area contributed by atoms with E-state index in [1.807, 2.05) is 41.5 Å². The molecule has 0 amide bonds. The predicted molar refractivity (Wildman–Crippen MR) is 81.6 cm³/mol. The second-order valence-electron chi connectivity index (χ2n) is 8.69. The summed E-state index contributed by atoms with van der Waals surface area (Å²) >= 11 is 0. The molecule has 4 heteroatoms. The van der Waals surface area contributed by atoms with Crippen molar-refractivity contribution < 1.29 is 19.6 Å². The lowest BCUT2D eigenvalue weighted by atomic mass is 9.58. The van der Waals surface area contributed by atoms with Crippen molar-refractivity contribution in [3.05, 3.63) is 0 Å². The van der Waals surface area contributed by atoms with Crippen LogP contribution < -0.4 is 0 Å². The largest absolute Gasteiger partial charge is 0.233 e. The van der Waals surface area contributed by atoms with Crippen LogP contribution in [0, 0.1) is 5.41 Å². The van der Waals surface area contributed by atoms with Crippen molar-refractivity contribution in [1.29, 1.82) is 0 Å². The van der Waals surface area contributed by atoms with E-state index >= 15 is 0 Å². The van der Waals surface area contributed by atoms with Gasteiger partial charge in [-0.25, -0.2) is 19.6 Å². The van der Waals surface area contributed by atoms with Gasteiger partial charge in [-0.05, 0) is 73.6 Å². The standard InChI is InChI=1S/C17H32O4/c1-15(2,3)20-18-13-8-7-10-17(12-13)11-9-14(17)19-21-16(4,5)6/h13-14H,7-12H2,1-6H3. The zero-order valence-corrected chi connectivity index (χ0v) is 14.5. The van der Waals surface area contributed by atoms with E-state index < -0.39 is 0 Å². The summed E-state index contributed by atoms with van der Waals surface area (Å²) in [5, 5.41) is 0. The molecule has 4 nitrogen and oxygen atoms in total. The molecule has 1 spiro atoms. The fourth-order valence-corrected chi connectivity index (χ4v) is 3.18. The normalized spacial score (nSPS) is 34.0. The Morgan fingerprint density at radius 3 is 1.95 bits per heavy atom. The molecule has 0 aromatic heterocycles. The van der Waals surface area contributed by atoms with Crippen LogP contribution in [0.2, 0.25) is 0 Å². The first-order chi connectivity index (χ1) is 9.60. The molecule has 124 valence electrons. The van der Waals surface area contributed by atoms with Crippen LogP contribution in [0.15, 0.2) is 0 Å². The highest BCUT2D eigenvalue weighted by molar-refractivity contribution is 5.00. The van der Waals surface area contributed by atoms with Gasteiger partial charge in [0.2, 0.25) is 0 Å². The van der Waals surface area contributed by atoms with Gasteiger partial charge in [0.1, 0.15) is 0 Å². The van der Waals surface area contributed by atoms with Gasteiger partial charge < -0.3 is 0 Å². The Morgan fingerprint density at radius 1 is 0.810 bits per heavy atom. The van der Waals surface area contributed by atoms with Crippen LogP contribution in [0.5, 0.6) is 0 Å². The maximum absolute atomic E-state index is 5.73. The Morgan fingerprint density at radius 2 is 1.43 bits per heavy atom. The van der Waals surface area contributed by atoms with Crippen molar-refractivity contribution in [3.63, 3.8) is 0 Å². The summed E-state index contributed by atoms with van der Waals surface area (Å²) in [6.45, 7) is 12.1. The monoisotopic (exact) mass is 300 g/mol. The van der Waals surface area contributed by atoms with Crippen molar-refractivity contribution in [2.24, 2.45) is 5.41 Å². The summed E-state index contributed by atoms with van der Waals surface area (Å²) in [7, 11) is 0. The highest BCUT2D eigenvalue weighted by atomic mass is 17.2. The van der Waals surface area contributed by atoms with Gasteiger partial charge in [0.25, 0.3) is 0 Å². The molecule has 0 heterocycles. The van der Waals surface area contributed by atoms with Crippen molar-refractivity contribution >= 4 is 0 Å². The fraction of sp³-hybridized carbons (Fsp3) is 1.00. The van der Waals surface area contributed by atoms with E-state index in [2.05, 4.69) is 0 Å². The maximum Gasteiger partial charge on any atom is 0.0987 e. The van der Waals surface area contributed by atoms with Gasteiger partial charge in [-0.3, -0.25) is 0 Å². The molecule has 3 unspecified atom stereocenters. The van der Waals surface area contributed by atoms with E-state index in [9.17, 15) is 0 Å². The maximum atomic E-state index is 5.73. The molecular weight excluding hydrogens is 268 g/mol. The third-order valence-corrected chi connectivity index (χ3v) is 4.27. The van der Waals surface area contributed by atoms with E-state index in [1.165, 1.54) is 19.3 Å². The second kappa shape index (κ2) is 6.15. The topological polar surface area (TPSA) is 36.9 Å². The molecular formula is C17H32O4. The van der Waals surface area contributed by atoms with Crippen LogP contribution in [0.25, 0.3) is 0 Å². The van der Waals surface area contributed by atoms with Crippen LogP contribution in [0.1, 0.15) is 80.1 Å². The van der Waals surface area contributed by atoms with Crippen LogP contribution in [-0.2, 0) is 19.6 Å². The molecule has 0 N–H and O–H groups in total. The number of rotatable bonds is 4. The molecule has 0 aliphatic heterocycles. The van der Waals surface area contributed by atoms with Crippen LogP contribution in [0.4, 0.5) is 0 Å². The van der Waals surface area contributed by atoms with Gasteiger partial charge in [0.15, 0.2) is 0 Å². The average Bonchev–Trinajstić information content (AvgIpc) is 2.33. The van der Waals surface area contributed by atoms with Gasteiger partial charge in [0.05, 0.1) is 23.4 Å². The summed E-state index contributed by atoms with van der Waals surface area (Å²) in [6, 6.07) is 0. The first-order valence-corrected chi connectivity index (χ1v) is 8.29. The highest BCUT2D eigenvalue weighted by Crippen LogP contribution is 2.54. The van der Waals surface area contributed by atoms with Gasteiger partial charge in [-0.2, -0.15) is 0 Å². The van der Waals surface area contributed by atoms with Crippen LogP contribution >= 0.6 is 0 Å². The Balaban J connectivity index is 1.84. The lowest BCUT2D eigenvalue weighted by molar-refractivity contribution is -0.417. The average molecular weight is 300 g/mol. The molecule has 2 aliphatic rings. The fourth-order valence-electron chi connectivity index (χ4n) is 3.18. The van der Waals surface area contributed by atoms with E-state index in [-0.39, 0.29) is 28.8 Å². The summed E-state index contributed by atoms with van der Waals surface area (Å²) in [4.78, 5) is 22.5. The summed E-state index contributed by atoms with van der Waals surface area (Å²) in [5.74, 6) is 0. The molecule has 0 radical (unpaired) electrons. The molecule has 2 fully saturated rings. The first-order valence-electron chi connectivity index (χ1n) is 8.29. The van der Waals surface area contributed by atoms with Crippen LogP contribution in [0.3, 0.4) is 0 Å². The lowest BCUT2D eigenvalue weighted by Gasteiger charge is -2.52. The number of hydrogen-bond acceptors (Lipinski definition) is 4. The minimum Gasteiger partial charge on any atom is -0.233 e. The molecule has 0 aromatic rings. The van der Waals surface area contributed by atoms with E-state index in [4.69, 9.17) is 19.6 Å². The van der Waals surface area contributed by atoms with E-state index in [0.29, 0.717) is 0 Å². The molecule has 0 bridgehead atoms. The Hall–Kier alpha value is -0.160.